The van der Waals surface area contributed by atoms with Gasteiger partial charge in [0.2, 0.25) is 0 Å². The molecule has 0 spiro atoms. The van der Waals surface area contributed by atoms with Gasteiger partial charge in [0.25, 0.3) is 5.91 Å². The molecule has 0 aromatic heterocycles. The summed E-state index contributed by atoms with van der Waals surface area (Å²) >= 11 is 3.36. The van der Waals surface area contributed by atoms with Crippen LogP contribution in [0.5, 0.6) is 0 Å². The summed E-state index contributed by atoms with van der Waals surface area (Å²) in [6, 6.07) is 5.53. The van der Waals surface area contributed by atoms with Crippen LogP contribution in [-0.2, 0) is 0 Å². The molecule has 0 aliphatic carbocycles. The van der Waals surface area contributed by atoms with Crippen molar-refractivity contribution in [1.29, 1.82) is 0 Å². The minimum Gasteiger partial charge on any atom is -0.396 e. The van der Waals surface area contributed by atoms with Crippen molar-refractivity contribution in [2.45, 2.75) is 26.3 Å². The monoisotopic (exact) mass is 285 g/mol. The zero-order valence-electron chi connectivity index (χ0n) is 9.46. The number of hydrogen-bond donors (Lipinski definition) is 2. The molecule has 4 heteroatoms. The van der Waals surface area contributed by atoms with Crippen LogP contribution < -0.4 is 5.32 Å². The van der Waals surface area contributed by atoms with Crippen LogP contribution in [0.3, 0.4) is 0 Å². The first kappa shape index (κ1) is 13.2. The van der Waals surface area contributed by atoms with Crippen molar-refractivity contribution in [2.24, 2.45) is 0 Å². The molecular weight excluding hydrogens is 270 g/mol. The molecule has 3 nitrogen and oxygen atoms in total. The van der Waals surface area contributed by atoms with Crippen molar-refractivity contribution in [2.75, 3.05) is 6.61 Å². The maximum Gasteiger partial charge on any atom is 0.251 e. The van der Waals surface area contributed by atoms with Gasteiger partial charge in [-0.1, -0.05) is 15.9 Å². The minimum atomic E-state index is -0.0917. The van der Waals surface area contributed by atoms with Crippen LogP contribution in [0.1, 0.15) is 29.3 Å². The highest BCUT2D eigenvalue weighted by molar-refractivity contribution is 9.10. The summed E-state index contributed by atoms with van der Waals surface area (Å²) in [4.78, 5) is 11.9. The summed E-state index contributed by atoms with van der Waals surface area (Å²) in [5.41, 5.74) is 1.61. The molecule has 88 valence electrons. The Labute approximate surface area is 104 Å². The van der Waals surface area contributed by atoms with Crippen molar-refractivity contribution in [3.63, 3.8) is 0 Å². The van der Waals surface area contributed by atoms with Gasteiger partial charge in [0.05, 0.1) is 0 Å². The Balaban J connectivity index is 2.73. The standard InChI is InChI=1S/C12H16BrNO2/c1-8-7-10(13)3-4-11(8)12(16)14-9(2)5-6-15/h3-4,7,9,15H,5-6H2,1-2H3,(H,14,16). The molecule has 1 rings (SSSR count). The highest BCUT2D eigenvalue weighted by Crippen LogP contribution is 2.15. The third-order valence-corrected chi connectivity index (χ3v) is 2.87. The van der Waals surface area contributed by atoms with Crippen molar-refractivity contribution >= 4 is 21.8 Å². The third kappa shape index (κ3) is 3.61. The summed E-state index contributed by atoms with van der Waals surface area (Å²) in [6.45, 7) is 3.86. The largest absolute Gasteiger partial charge is 0.396 e. The smallest absolute Gasteiger partial charge is 0.251 e. The predicted octanol–water partition coefficient (Wildman–Crippen LogP) is 2.26. The SMILES string of the molecule is Cc1cc(Br)ccc1C(=O)NC(C)CCO. The number of carbonyl (C=O) groups excluding carboxylic acids is 1. The van der Waals surface area contributed by atoms with Gasteiger partial charge in [-0.25, -0.2) is 0 Å². The van der Waals surface area contributed by atoms with Crippen LogP contribution in [0.15, 0.2) is 22.7 Å². The molecule has 0 heterocycles. The molecular formula is C12H16BrNO2. The van der Waals surface area contributed by atoms with E-state index in [1.54, 1.807) is 6.07 Å². The molecule has 0 bridgehead atoms. The lowest BCUT2D eigenvalue weighted by atomic mass is 10.1. The van der Waals surface area contributed by atoms with E-state index in [1.165, 1.54) is 0 Å². The van der Waals surface area contributed by atoms with E-state index < -0.39 is 0 Å². The predicted molar refractivity (Wildman–Crippen MR) is 67.5 cm³/mol. The quantitative estimate of drug-likeness (QED) is 0.892. The summed E-state index contributed by atoms with van der Waals surface area (Å²) in [7, 11) is 0. The first-order valence-corrected chi connectivity index (χ1v) is 6.01. The van der Waals surface area contributed by atoms with E-state index in [4.69, 9.17) is 5.11 Å². The molecule has 0 aliphatic heterocycles. The van der Waals surface area contributed by atoms with Crippen LogP contribution in [0.2, 0.25) is 0 Å². The van der Waals surface area contributed by atoms with E-state index in [0.717, 1.165) is 10.0 Å². The number of benzene rings is 1. The Morgan fingerprint density at radius 3 is 2.81 bits per heavy atom. The van der Waals surface area contributed by atoms with Gasteiger partial charge in [0.15, 0.2) is 0 Å². The summed E-state index contributed by atoms with van der Waals surface area (Å²) in [5, 5.41) is 11.6. The normalized spacial score (nSPS) is 12.2. The maximum atomic E-state index is 11.9. The molecule has 1 unspecified atom stereocenters. The number of amides is 1. The molecule has 1 amide bonds. The maximum absolute atomic E-state index is 11.9. The number of aryl methyl sites for hydroxylation is 1. The van der Waals surface area contributed by atoms with Gasteiger partial charge in [0, 0.05) is 22.7 Å². The summed E-state index contributed by atoms with van der Waals surface area (Å²) in [6.07, 6.45) is 0.571. The van der Waals surface area contributed by atoms with Crippen LogP contribution in [0, 0.1) is 6.92 Å². The van der Waals surface area contributed by atoms with Crippen LogP contribution in [0.25, 0.3) is 0 Å². The van der Waals surface area contributed by atoms with E-state index in [2.05, 4.69) is 21.2 Å². The lowest BCUT2D eigenvalue weighted by molar-refractivity contribution is 0.0934. The Hall–Kier alpha value is -0.870. The molecule has 0 saturated carbocycles. The van der Waals surface area contributed by atoms with Crippen LogP contribution in [-0.4, -0.2) is 23.7 Å². The van der Waals surface area contributed by atoms with E-state index in [-0.39, 0.29) is 18.6 Å². The molecule has 1 aromatic rings. The van der Waals surface area contributed by atoms with Gasteiger partial charge >= 0.3 is 0 Å². The highest BCUT2D eigenvalue weighted by Gasteiger charge is 2.11. The average molecular weight is 286 g/mol. The van der Waals surface area contributed by atoms with E-state index >= 15 is 0 Å². The first-order chi connectivity index (χ1) is 7.54. The number of aliphatic hydroxyl groups excluding tert-OH is 1. The van der Waals surface area contributed by atoms with Crippen LogP contribution in [0.4, 0.5) is 0 Å². The van der Waals surface area contributed by atoms with Crippen molar-refractivity contribution in [3.8, 4) is 0 Å². The van der Waals surface area contributed by atoms with Crippen LogP contribution >= 0.6 is 15.9 Å². The topological polar surface area (TPSA) is 49.3 Å². The molecule has 0 radical (unpaired) electrons. The van der Waals surface area contributed by atoms with Crippen molar-refractivity contribution in [1.82, 2.24) is 5.32 Å². The third-order valence-electron chi connectivity index (χ3n) is 2.37. The number of hydrogen-bond acceptors (Lipinski definition) is 2. The lowest BCUT2D eigenvalue weighted by Crippen LogP contribution is -2.33. The number of halogens is 1. The minimum absolute atomic E-state index is 0.0134. The molecule has 1 atom stereocenters. The van der Waals surface area contributed by atoms with Gasteiger partial charge in [-0.15, -0.1) is 0 Å². The zero-order chi connectivity index (χ0) is 12.1. The summed E-state index contributed by atoms with van der Waals surface area (Å²) in [5.74, 6) is -0.0917. The number of carbonyl (C=O) groups is 1. The van der Waals surface area contributed by atoms with Crippen molar-refractivity contribution in [3.05, 3.63) is 33.8 Å². The first-order valence-electron chi connectivity index (χ1n) is 5.22. The van der Waals surface area contributed by atoms with Crippen molar-refractivity contribution < 1.29 is 9.90 Å². The van der Waals surface area contributed by atoms with Gasteiger partial charge in [-0.05, 0) is 44.0 Å². The van der Waals surface area contributed by atoms with Gasteiger partial charge in [-0.2, -0.15) is 0 Å². The Morgan fingerprint density at radius 1 is 1.56 bits per heavy atom. The second kappa shape index (κ2) is 6.01. The molecule has 16 heavy (non-hydrogen) atoms. The average Bonchev–Trinajstić information content (AvgIpc) is 2.17. The Bertz CT molecular complexity index is 379. The molecule has 2 N–H and O–H groups in total. The van der Waals surface area contributed by atoms with Gasteiger partial charge in [-0.3, -0.25) is 4.79 Å². The molecule has 1 aromatic carbocycles. The fourth-order valence-electron chi connectivity index (χ4n) is 1.45. The Morgan fingerprint density at radius 2 is 2.25 bits per heavy atom. The number of aliphatic hydroxyl groups is 1. The zero-order valence-corrected chi connectivity index (χ0v) is 11.0. The molecule has 0 aliphatic rings. The van der Waals surface area contributed by atoms with E-state index in [0.29, 0.717) is 12.0 Å². The fraction of sp³-hybridized carbons (Fsp3) is 0.417. The second-order valence-corrected chi connectivity index (χ2v) is 4.76. The van der Waals surface area contributed by atoms with E-state index in [9.17, 15) is 4.79 Å². The highest BCUT2D eigenvalue weighted by atomic mass is 79.9. The molecule has 0 fully saturated rings. The lowest BCUT2D eigenvalue weighted by Gasteiger charge is -2.13. The second-order valence-electron chi connectivity index (χ2n) is 3.85. The Kier molecular flexibility index (Phi) is 4.96. The van der Waals surface area contributed by atoms with Gasteiger partial charge in [0.1, 0.15) is 0 Å². The summed E-state index contributed by atoms with van der Waals surface area (Å²) < 4.78 is 0.963. The fourth-order valence-corrected chi connectivity index (χ4v) is 1.92. The molecule has 0 saturated heterocycles. The number of rotatable bonds is 4. The van der Waals surface area contributed by atoms with Gasteiger partial charge < -0.3 is 10.4 Å². The number of nitrogens with one attached hydrogen (secondary N) is 1. The van der Waals surface area contributed by atoms with E-state index in [1.807, 2.05) is 26.0 Å².